The Labute approximate surface area is 235 Å². The van der Waals surface area contributed by atoms with Gasteiger partial charge < -0.3 is 9.15 Å². The van der Waals surface area contributed by atoms with Crippen LogP contribution in [-0.4, -0.2) is 31.3 Å². The molecule has 8 nitrogen and oxygen atoms in total. The van der Waals surface area contributed by atoms with Crippen LogP contribution in [0.5, 0.6) is 5.75 Å². The van der Waals surface area contributed by atoms with Gasteiger partial charge in [-0.2, -0.15) is 13.2 Å². The van der Waals surface area contributed by atoms with Crippen LogP contribution in [0, 0.1) is 5.82 Å². The second kappa shape index (κ2) is 10.7. The molecule has 1 atom stereocenters. The summed E-state index contributed by atoms with van der Waals surface area (Å²) in [5.74, 6) is -1.30. The van der Waals surface area contributed by atoms with Crippen molar-refractivity contribution in [2.75, 3.05) is 10.8 Å². The monoisotopic (exact) mass is 609 g/mol. The fraction of sp³-hybridized carbons (Fsp3) is 0.185. The molecule has 0 bridgehead atoms. The fourth-order valence-electron chi connectivity index (χ4n) is 4.45. The maximum Gasteiger partial charge on any atom is 0.434 e. The summed E-state index contributed by atoms with van der Waals surface area (Å²) in [7, 11) is -4.56. The lowest BCUT2D eigenvalue weighted by Gasteiger charge is -2.35. The van der Waals surface area contributed by atoms with Gasteiger partial charge in [0.25, 0.3) is 10.0 Å². The van der Waals surface area contributed by atoms with Crippen LogP contribution < -0.4 is 14.8 Å². The number of benzene rings is 3. The molecule has 0 spiro atoms. The van der Waals surface area contributed by atoms with Crippen molar-refractivity contribution < 1.29 is 35.1 Å². The molecular formula is C27H20ClF4N3O5S. The Hall–Kier alpha value is -4.10. The number of anilines is 1. The molecule has 3 aromatic carbocycles. The molecule has 0 radical (unpaired) electrons. The number of nitrogens with one attached hydrogen (secondary N) is 1. The van der Waals surface area contributed by atoms with Crippen molar-refractivity contribution in [3.63, 3.8) is 0 Å². The number of hydrogen-bond acceptors (Lipinski definition) is 6. The topological polar surface area (TPSA) is 106 Å². The first-order valence-electron chi connectivity index (χ1n) is 12.0. The number of rotatable bonds is 6. The van der Waals surface area contributed by atoms with Crippen LogP contribution in [0.3, 0.4) is 0 Å². The molecule has 1 N–H and O–H groups in total. The summed E-state index contributed by atoms with van der Waals surface area (Å²) < 4.78 is 94.1. The molecule has 0 amide bonds. The number of allylic oxidation sites excluding steroid dienone is 1. The number of H-pyrrole nitrogens is 1. The lowest BCUT2D eigenvalue weighted by molar-refractivity contribution is -0.137. The van der Waals surface area contributed by atoms with Gasteiger partial charge in [-0.15, -0.1) is 5.10 Å². The van der Waals surface area contributed by atoms with Gasteiger partial charge in [0.15, 0.2) is 0 Å². The number of fused-ring (bicyclic) bond motifs is 1. The van der Waals surface area contributed by atoms with Gasteiger partial charge in [-0.25, -0.2) is 22.7 Å². The quantitative estimate of drug-likeness (QED) is 0.214. The number of hydrogen-bond donors (Lipinski definition) is 1. The number of nitrogens with zero attached hydrogens (tertiary/aromatic N) is 2. The Bertz CT molecular complexity index is 1800. The van der Waals surface area contributed by atoms with Gasteiger partial charge in [-0.05, 0) is 60.5 Å². The van der Waals surface area contributed by atoms with E-state index in [1.807, 2.05) is 0 Å². The lowest BCUT2D eigenvalue weighted by atomic mass is 10.0. The van der Waals surface area contributed by atoms with Crippen molar-refractivity contribution in [2.45, 2.75) is 30.5 Å². The largest absolute Gasteiger partial charge is 0.486 e. The Kier molecular flexibility index (Phi) is 7.43. The highest BCUT2D eigenvalue weighted by Gasteiger charge is 2.37. The van der Waals surface area contributed by atoms with E-state index in [0.29, 0.717) is 17.2 Å². The molecule has 0 saturated heterocycles. The average molecular weight is 610 g/mol. The molecule has 1 aliphatic heterocycles. The molecule has 14 heteroatoms. The van der Waals surface area contributed by atoms with Crippen molar-refractivity contribution in [2.24, 2.45) is 0 Å². The second-order valence-electron chi connectivity index (χ2n) is 9.16. The van der Waals surface area contributed by atoms with Gasteiger partial charge in [-0.1, -0.05) is 35.9 Å². The number of alkyl halides is 3. The van der Waals surface area contributed by atoms with E-state index in [4.69, 9.17) is 20.8 Å². The van der Waals surface area contributed by atoms with Crippen molar-refractivity contribution in [3.05, 3.63) is 105 Å². The Morgan fingerprint density at radius 3 is 2.61 bits per heavy atom. The summed E-state index contributed by atoms with van der Waals surface area (Å²) in [6.45, 7) is 1.29. The van der Waals surface area contributed by atoms with Crippen molar-refractivity contribution in [1.82, 2.24) is 10.2 Å². The SMILES string of the molecule is CC(=Cc1ccc2c(c1)N(S(=O)(=O)c1cccc(C(F)(F)F)c1)C[C@H](Cc1n[nH]c(=O)o1)O2)c1c(F)cccc1Cl. The van der Waals surface area contributed by atoms with Gasteiger partial charge in [0.1, 0.15) is 17.7 Å². The third-order valence-corrected chi connectivity index (χ3v) is 8.38. The molecule has 1 aromatic heterocycles. The van der Waals surface area contributed by atoms with E-state index in [9.17, 15) is 30.8 Å². The van der Waals surface area contributed by atoms with Crippen LogP contribution in [-0.2, 0) is 22.6 Å². The molecule has 0 saturated carbocycles. The van der Waals surface area contributed by atoms with E-state index >= 15 is 0 Å². The van der Waals surface area contributed by atoms with Gasteiger partial charge in [0.05, 0.1) is 34.1 Å². The van der Waals surface area contributed by atoms with Crippen molar-refractivity contribution in [3.8, 4) is 5.75 Å². The van der Waals surface area contributed by atoms with E-state index in [2.05, 4.69) is 10.2 Å². The Balaban J connectivity index is 1.59. The molecule has 0 fully saturated rings. The van der Waals surface area contributed by atoms with Crippen LogP contribution in [0.4, 0.5) is 23.2 Å². The first-order chi connectivity index (χ1) is 19.3. The van der Waals surface area contributed by atoms with Crippen molar-refractivity contribution >= 4 is 39.0 Å². The Morgan fingerprint density at radius 1 is 1.17 bits per heavy atom. The second-order valence-corrected chi connectivity index (χ2v) is 11.4. The normalized spacial score (nSPS) is 15.9. The minimum absolute atomic E-state index is 0.0446. The number of aromatic nitrogens is 2. The Morgan fingerprint density at radius 2 is 1.93 bits per heavy atom. The van der Waals surface area contributed by atoms with Crippen LogP contribution >= 0.6 is 11.6 Å². The van der Waals surface area contributed by atoms with Crippen LogP contribution in [0.25, 0.3) is 11.6 Å². The third-order valence-electron chi connectivity index (χ3n) is 6.29. The number of sulfonamides is 1. The molecular weight excluding hydrogens is 590 g/mol. The zero-order valence-corrected chi connectivity index (χ0v) is 22.6. The predicted octanol–water partition coefficient (Wildman–Crippen LogP) is 5.93. The highest BCUT2D eigenvalue weighted by atomic mass is 35.5. The average Bonchev–Trinajstić information content (AvgIpc) is 3.32. The highest BCUT2D eigenvalue weighted by molar-refractivity contribution is 7.92. The molecule has 1 aliphatic rings. The van der Waals surface area contributed by atoms with E-state index < -0.39 is 44.3 Å². The number of halogens is 5. The zero-order chi connectivity index (χ0) is 29.5. The minimum Gasteiger partial charge on any atom is -0.486 e. The van der Waals surface area contributed by atoms with Gasteiger partial charge in [0.2, 0.25) is 5.89 Å². The summed E-state index contributed by atoms with van der Waals surface area (Å²) in [5.41, 5.74) is -0.0231. The molecule has 214 valence electrons. The molecule has 0 aliphatic carbocycles. The molecule has 2 heterocycles. The predicted molar refractivity (Wildman–Crippen MR) is 143 cm³/mol. The molecule has 5 rings (SSSR count). The summed E-state index contributed by atoms with van der Waals surface area (Å²) in [6, 6.07) is 12.2. The smallest absolute Gasteiger partial charge is 0.434 e. The highest BCUT2D eigenvalue weighted by Crippen LogP contribution is 2.40. The minimum atomic E-state index is -4.77. The first kappa shape index (κ1) is 28.4. The van der Waals surface area contributed by atoms with Crippen LogP contribution in [0.1, 0.15) is 29.5 Å². The maximum absolute atomic E-state index is 14.5. The molecule has 4 aromatic rings. The van der Waals surface area contributed by atoms with Gasteiger partial charge in [0, 0.05) is 5.56 Å². The third kappa shape index (κ3) is 5.86. The van der Waals surface area contributed by atoms with E-state index in [0.717, 1.165) is 22.5 Å². The van der Waals surface area contributed by atoms with Crippen LogP contribution in [0.2, 0.25) is 5.02 Å². The fourth-order valence-corrected chi connectivity index (χ4v) is 6.31. The van der Waals surface area contributed by atoms with E-state index in [-0.39, 0.29) is 40.9 Å². The van der Waals surface area contributed by atoms with Gasteiger partial charge >= 0.3 is 11.9 Å². The number of aromatic amines is 1. The summed E-state index contributed by atoms with van der Waals surface area (Å²) >= 11 is 6.18. The first-order valence-corrected chi connectivity index (χ1v) is 13.8. The van der Waals surface area contributed by atoms with Crippen LogP contribution in [0.15, 0.2) is 74.8 Å². The number of ether oxygens (including phenoxy) is 1. The summed E-state index contributed by atoms with van der Waals surface area (Å²) in [5, 5.41) is 6.00. The van der Waals surface area contributed by atoms with E-state index in [1.54, 1.807) is 19.1 Å². The van der Waals surface area contributed by atoms with Gasteiger partial charge in [-0.3, -0.25) is 4.31 Å². The zero-order valence-electron chi connectivity index (χ0n) is 21.1. The molecule has 41 heavy (non-hydrogen) atoms. The lowest BCUT2D eigenvalue weighted by Crippen LogP contribution is -2.44. The summed E-state index contributed by atoms with van der Waals surface area (Å²) in [4.78, 5) is 10.8. The van der Waals surface area contributed by atoms with E-state index in [1.165, 1.54) is 30.3 Å². The standard InChI is InChI=1S/C27H20ClF4N3O5S/c1-15(25-20(28)6-3-7-21(25)29)10-16-8-9-23-22(11-16)35(14-18(39-23)13-24-33-34-26(36)40-24)41(37,38)19-5-2-4-17(12-19)27(30,31)32/h2-12,18H,13-14H2,1H3,(H,34,36)/t18-/m0/s1. The maximum atomic E-state index is 14.5. The molecule has 0 unspecified atom stereocenters. The van der Waals surface area contributed by atoms with Crippen molar-refractivity contribution in [1.29, 1.82) is 0 Å². The summed E-state index contributed by atoms with van der Waals surface area (Å²) in [6.07, 6.45) is -4.20.